The molecule has 1 amide bonds. The first kappa shape index (κ1) is 11.7. The number of benzene rings is 1. The average Bonchev–Trinajstić information content (AvgIpc) is 2.69. The third-order valence-corrected chi connectivity index (χ3v) is 2.37. The van der Waals surface area contributed by atoms with Gasteiger partial charge in [-0.05, 0) is 12.1 Å². The Hall–Kier alpha value is -2.81. The summed E-state index contributed by atoms with van der Waals surface area (Å²) in [4.78, 5) is 11.9. The topological polar surface area (TPSA) is 96.7 Å². The molecule has 1 aromatic carbocycles. The molecule has 0 saturated heterocycles. The molecule has 0 fully saturated rings. The van der Waals surface area contributed by atoms with Crippen LogP contribution in [0.2, 0.25) is 0 Å². The van der Waals surface area contributed by atoms with Gasteiger partial charge < -0.3 is 11.1 Å². The molecule has 1 heterocycles. The van der Waals surface area contributed by atoms with Crippen molar-refractivity contribution in [2.75, 3.05) is 11.1 Å². The van der Waals surface area contributed by atoms with Gasteiger partial charge in [-0.3, -0.25) is 9.48 Å². The number of nitriles is 1. The van der Waals surface area contributed by atoms with Crippen molar-refractivity contribution in [3.05, 3.63) is 41.7 Å². The molecule has 0 radical (unpaired) electrons. The molecule has 2 rings (SSSR count). The lowest BCUT2D eigenvalue weighted by atomic mass is 10.2. The maximum Gasteiger partial charge on any atom is 0.278 e. The highest BCUT2D eigenvalue weighted by atomic mass is 16.2. The van der Waals surface area contributed by atoms with Crippen LogP contribution >= 0.6 is 0 Å². The van der Waals surface area contributed by atoms with Crippen LogP contribution in [0.4, 0.5) is 11.4 Å². The van der Waals surface area contributed by atoms with Crippen LogP contribution in [0.15, 0.2) is 30.5 Å². The van der Waals surface area contributed by atoms with Crippen molar-refractivity contribution < 1.29 is 4.79 Å². The average molecular weight is 241 g/mol. The van der Waals surface area contributed by atoms with Gasteiger partial charge in [-0.15, -0.1) is 0 Å². The zero-order chi connectivity index (χ0) is 13.1. The van der Waals surface area contributed by atoms with Crippen molar-refractivity contribution in [2.45, 2.75) is 0 Å². The fourth-order valence-corrected chi connectivity index (χ4v) is 1.55. The Bertz CT molecular complexity index is 638. The highest BCUT2D eigenvalue weighted by molar-refractivity contribution is 6.06. The number of aromatic nitrogens is 2. The third kappa shape index (κ3) is 2.15. The summed E-state index contributed by atoms with van der Waals surface area (Å²) < 4.78 is 1.46. The molecule has 6 heteroatoms. The van der Waals surface area contributed by atoms with Crippen LogP contribution < -0.4 is 11.1 Å². The predicted octanol–water partition coefficient (Wildman–Crippen LogP) is 1.13. The Morgan fingerprint density at radius 1 is 1.50 bits per heavy atom. The lowest BCUT2D eigenvalue weighted by Gasteiger charge is -2.05. The van der Waals surface area contributed by atoms with E-state index in [1.54, 1.807) is 37.5 Å². The van der Waals surface area contributed by atoms with E-state index in [1.807, 2.05) is 6.07 Å². The maximum atomic E-state index is 11.9. The molecule has 1 aromatic heterocycles. The number of rotatable bonds is 2. The summed E-state index contributed by atoms with van der Waals surface area (Å²) in [6.07, 6.45) is 1.55. The Morgan fingerprint density at radius 2 is 2.22 bits per heavy atom. The second-order valence-electron chi connectivity index (χ2n) is 3.72. The summed E-state index contributed by atoms with van der Waals surface area (Å²) in [7, 11) is 1.68. The number of nitrogens with two attached hydrogens (primary N) is 1. The van der Waals surface area contributed by atoms with E-state index in [1.165, 1.54) is 4.68 Å². The Kier molecular flexibility index (Phi) is 2.98. The molecule has 0 unspecified atom stereocenters. The number of hydrogen-bond donors (Lipinski definition) is 2. The monoisotopic (exact) mass is 241 g/mol. The second kappa shape index (κ2) is 4.59. The van der Waals surface area contributed by atoms with Crippen molar-refractivity contribution in [2.24, 2.45) is 7.05 Å². The van der Waals surface area contributed by atoms with E-state index in [0.29, 0.717) is 16.9 Å². The predicted molar refractivity (Wildman–Crippen MR) is 66.7 cm³/mol. The molecule has 0 bridgehead atoms. The van der Waals surface area contributed by atoms with E-state index in [4.69, 9.17) is 11.0 Å². The minimum absolute atomic E-state index is 0.144. The fraction of sp³-hybridized carbons (Fsp3) is 0.0833. The summed E-state index contributed by atoms with van der Waals surface area (Å²) in [6, 6.07) is 8.73. The largest absolute Gasteiger partial charge is 0.396 e. The molecule has 90 valence electrons. The van der Waals surface area contributed by atoms with Crippen molar-refractivity contribution >= 4 is 17.3 Å². The molecule has 0 saturated carbocycles. The number of hydrogen-bond acceptors (Lipinski definition) is 4. The number of nitrogens with one attached hydrogen (secondary N) is 1. The summed E-state index contributed by atoms with van der Waals surface area (Å²) >= 11 is 0. The smallest absolute Gasteiger partial charge is 0.278 e. The van der Waals surface area contributed by atoms with Crippen LogP contribution in [-0.4, -0.2) is 15.7 Å². The summed E-state index contributed by atoms with van der Waals surface area (Å²) in [5, 5.41) is 15.5. The molecule has 0 aliphatic rings. The maximum absolute atomic E-state index is 11.9. The molecule has 2 aromatic rings. The number of aryl methyl sites for hydroxylation is 1. The second-order valence-corrected chi connectivity index (χ2v) is 3.72. The Morgan fingerprint density at radius 3 is 2.83 bits per heavy atom. The van der Waals surface area contributed by atoms with E-state index in [2.05, 4.69) is 10.4 Å². The van der Waals surface area contributed by atoms with Gasteiger partial charge >= 0.3 is 0 Å². The number of amides is 1. The summed E-state index contributed by atoms with van der Waals surface area (Å²) in [5.74, 6) is -0.434. The normalized spacial score (nSPS) is 9.78. The number of carbonyl (C=O) groups excluding carboxylic acids is 1. The minimum Gasteiger partial charge on any atom is -0.396 e. The number of nitrogens with zero attached hydrogens (tertiary/aromatic N) is 3. The molecule has 0 atom stereocenters. The summed E-state index contributed by atoms with van der Waals surface area (Å²) in [6.45, 7) is 0. The van der Waals surface area contributed by atoms with Crippen LogP contribution in [0.25, 0.3) is 0 Å². The van der Waals surface area contributed by atoms with Gasteiger partial charge in [0.15, 0.2) is 5.69 Å². The van der Waals surface area contributed by atoms with E-state index in [-0.39, 0.29) is 5.69 Å². The molecule has 0 aliphatic heterocycles. The van der Waals surface area contributed by atoms with Crippen LogP contribution in [0.1, 0.15) is 16.1 Å². The van der Waals surface area contributed by atoms with Gasteiger partial charge in [-0.1, -0.05) is 12.1 Å². The fourth-order valence-electron chi connectivity index (χ4n) is 1.55. The van der Waals surface area contributed by atoms with Crippen LogP contribution in [0, 0.1) is 11.3 Å². The quantitative estimate of drug-likeness (QED) is 0.823. The summed E-state index contributed by atoms with van der Waals surface area (Å²) in [5.41, 5.74) is 6.93. The molecule has 0 aliphatic carbocycles. The number of nitrogen functional groups attached to an aromatic ring is 1. The van der Waals surface area contributed by atoms with Crippen LogP contribution in [0.3, 0.4) is 0 Å². The Balaban J connectivity index is 2.27. The number of anilines is 2. The molecule has 6 nitrogen and oxygen atoms in total. The van der Waals surface area contributed by atoms with Gasteiger partial charge in [0.05, 0.1) is 16.9 Å². The minimum atomic E-state index is -0.434. The first-order chi connectivity index (χ1) is 8.61. The standard InChI is InChI=1S/C12H11N5O/c1-17-7-9(14)11(16-17)12(18)15-10-5-3-2-4-8(10)6-13/h2-5,7H,14H2,1H3,(H,15,18). The molecular weight excluding hydrogens is 230 g/mol. The van der Waals surface area contributed by atoms with Gasteiger partial charge in [0.1, 0.15) is 6.07 Å². The van der Waals surface area contributed by atoms with E-state index < -0.39 is 5.91 Å². The third-order valence-electron chi connectivity index (χ3n) is 2.37. The lowest BCUT2D eigenvalue weighted by molar-refractivity contribution is 0.102. The van der Waals surface area contributed by atoms with Crippen LogP contribution in [0.5, 0.6) is 0 Å². The van der Waals surface area contributed by atoms with E-state index >= 15 is 0 Å². The zero-order valence-corrected chi connectivity index (χ0v) is 9.71. The molecule has 0 spiro atoms. The van der Waals surface area contributed by atoms with Crippen molar-refractivity contribution in [3.8, 4) is 6.07 Å². The number of carbonyl (C=O) groups is 1. The SMILES string of the molecule is Cn1cc(N)c(C(=O)Nc2ccccc2C#N)n1. The molecular formula is C12H11N5O. The van der Waals surface area contributed by atoms with Crippen LogP contribution in [-0.2, 0) is 7.05 Å². The molecule has 3 N–H and O–H groups in total. The highest BCUT2D eigenvalue weighted by Crippen LogP contribution is 2.16. The zero-order valence-electron chi connectivity index (χ0n) is 9.71. The van der Waals surface area contributed by atoms with Gasteiger partial charge in [0.25, 0.3) is 5.91 Å². The van der Waals surface area contributed by atoms with Gasteiger partial charge in [0.2, 0.25) is 0 Å². The van der Waals surface area contributed by atoms with Gasteiger partial charge in [-0.2, -0.15) is 10.4 Å². The van der Waals surface area contributed by atoms with Crippen molar-refractivity contribution in [1.29, 1.82) is 5.26 Å². The Labute approximate surface area is 104 Å². The van der Waals surface area contributed by atoms with Gasteiger partial charge in [0, 0.05) is 13.2 Å². The van der Waals surface area contributed by atoms with E-state index in [0.717, 1.165) is 0 Å². The van der Waals surface area contributed by atoms with Gasteiger partial charge in [-0.25, -0.2) is 0 Å². The number of para-hydroxylation sites is 1. The van der Waals surface area contributed by atoms with Crippen molar-refractivity contribution in [3.63, 3.8) is 0 Å². The first-order valence-electron chi connectivity index (χ1n) is 5.21. The van der Waals surface area contributed by atoms with E-state index in [9.17, 15) is 4.79 Å². The molecule has 18 heavy (non-hydrogen) atoms. The first-order valence-corrected chi connectivity index (χ1v) is 5.21. The highest BCUT2D eigenvalue weighted by Gasteiger charge is 2.15. The lowest BCUT2D eigenvalue weighted by Crippen LogP contribution is -2.15. The van der Waals surface area contributed by atoms with Crippen molar-refractivity contribution in [1.82, 2.24) is 9.78 Å².